The molecule has 0 atom stereocenters. The second-order valence-electron chi connectivity index (χ2n) is 6.44. The van der Waals surface area contributed by atoms with Gasteiger partial charge in [0.2, 0.25) is 0 Å². The van der Waals surface area contributed by atoms with Crippen LogP contribution < -0.4 is 5.32 Å². The third-order valence-electron chi connectivity index (χ3n) is 4.28. The summed E-state index contributed by atoms with van der Waals surface area (Å²) in [6, 6.07) is 7.63. The van der Waals surface area contributed by atoms with Crippen LogP contribution in [0.15, 0.2) is 67.5 Å². The molecule has 3 aromatic rings. The number of nitrogens with zero attached hydrogens (tertiary/aromatic N) is 4. The van der Waals surface area contributed by atoms with Crippen molar-refractivity contribution in [3.63, 3.8) is 0 Å². The number of aryl methyl sites for hydroxylation is 1. The van der Waals surface area contributed by atoms with Crippen molar-refractivity contribution in [2.45, 2.75) is 25.7 Å². The predicted molar refractivity (Wildman–Crippen MR) is 102 cm³/mol. The molecule has 0 aliphatic carbocycles. The van der Waals surface area contributed by atoms with Crippen molar-refractivity contribution < 1.29 is 18.0 Å². The third-order valence-corrected chi connectivity index (χ3v) is 4.28. The van der Waals surface area contributed by atoms with Crippen molar-refractivity contribution in [3.05, 3.63) is 78.6 Å². The topological polar surface area (TPSA) is 63.1 Å². The fourth-order valence-electron chi connectivity index (χ4n) is 2.77. The van der Waals surface area contributed by atoms with Crippen molar-refractivity contribution in [1.82, 2.24) is 19.4 Å². The standard InChI is InChI=1S/C20H20F3N5O/c21-20(22,23)17-2-4-18(5-3-17)26-19(29)28(14-16-6-8-24-9-7-16)12-1-11-27-13-10-25-15-27/h2-10,13,15H,1,11-12,14H2,(H,26,29). The van der Waals surface area contributed by atoms with Gasteiger partial charge in [0.1, 0.15) is 0 Å². The van der Waals surface area contributed by atoms with Crippen LogP contribution >= 0.6 is 0 Å². The number of pyridine rings is 1. The SMILES string of the molecule is O=C(Nc1ccc(C(F)(F)F)cc1)N(CCCn1ccnc1)Cc1ccncc1. The summed E-state index contributed by atoms with van der Waals surface area (Å²) >= 11 is 0. The summed E-state index contributed by atoms with van der Waals surface area (Å²) in [4.78, 5) is 22.3. The Balaban J connectivity index is 1.65. The number of hydrogen-bond donors (Lipinski definition) is 1. The van der Waals surface area contributed by atoms with E-state index in [0.29, 0.717) is 31.7 Å². The predicted octanol–water partition coefficient (Wildman–Crippen LogP) is 4.42. The summed E-state index contributed by atoms with van der Waals surface area (Å²) < 4.78 is 40.0. The highest BCUT2D eigenvalue weighted by molar-refractivity contribution is 5.89. The van der Waals surface area contributed by atoms with Crippen LogP contribution in [0, 0.1) is 0 Å². The van der Waals surface area contributed by atoms with E-state index in [-0.39, 0.29) is 6.03 Å². The lowest BCUT2D eigenvalue weighted by Gasteiger charge is -2.23. The largest absolute Gasteiger partial charge is 0.416 e. The van der Waals surface area contributed by atoms with Crippen LogP contribution in [0.2, 0.25) is 0 Å². The number of carbonyl (C=O) groups is 1. The van der Waals surface area contributed by atoms with Crippen LogP contribution in [0.3, 0.4) is 0 Å². The van der Waals surface area contributed by atoms with Gasteiger partial charge >= 0.3 is 12.2 Å². The minimum absolute atomic E-state index is 0.303. The summed E-state index contributed by atoms with van der Waals surface area (Å²) in [6.45, 7) is 1.52. The summed E-state index contributed by atoms with van der Waals surface area (Å²) in [5.41, 5.74) is 0.451. The van der Waals surface area contributed by atoms with Crippen LogP contribution in [0.4, 0.5) is 23.7 Å². The highest BCUT2D eigenvalue weighted by Crippen LogP contribution is 2.29. The maximum absolute atomic E-state index is 12.7. The molecule has 6 nitrogen and oxygen atoms in total. The molecule has 0 spiro atoms. The zero-order valence-electron chi connectivity index (χ0n) is 15.5. The number of alkyl halides is 3. The van der Waals surface area contributed by atoms with E-state index in [1.807, 2.05) is 22.9 Å². The summed E-state index contributed by atoms with van der Waals surface area (Å²) in [5.74, 6) is 0. The maximum Gasteiger partial charge on any atom is 0.416 e. The van der Waals surface area contributed by atoms with Gasteiger partial charge in [-0.05, 0) is 48.4 Å². The van der Waals surface area contributed by atoms with Gasteiger partial charge in [0.15, 0.2) is 0 Å². The van der Waals surface area contributed by atoms with Gasteiger partial charge in [-0.1, -0.05) is 0 Å². The fourth-order valence-corrected chi connectivity index (χ4v) is 2.77. The van der Waals surface area contributed by atoms with Gasteiger partial charge in [-0.3, -0.25) is 4.98 Å². The first-order valence-electron chi connectivity index (χ1n) is 8.99. The molecule has 0 radical (unpaired) electrons. The second kappa shape index (κ2) is 9.22. The van der Waals surface area contributed by atoms with E-state index < -0.39 is 11.7 Å². The lowest BCUT2D eigenvalue weighted by atomic mass is 10.2. The Kier molecular flexibility index (Phi) is 6.48. The van der Waals surface area contributed by atoms with E-state index in [1.54, 1.807) is 29.8 Å². The third kappa shape index (κ3) is 6.06. The van der Waals surface area contributed by atoms with Crippen LogP contribution in [-0.4, -0.2) is 32.0 Å². The molecule has 0 fully saturated rings. The van der Waals surface area contributed by atoms with Gasteiger partial charge in [0.25, 0.3) is 0 Å². The number of anilines is 1. The lowest BCUT2D eigenvalue weighted by molar-refractivity contribution is -0.137. The Bertz CT molecular complexity index is 896. The summed E-state index contributed by atoms with van der Waals surface area (Å²) in [6.07, 6.45) is 4.81. The Morgan fingerprint density at radius 2 is 1.76 bits per heavy atom. The monoisotopic (exact) mass is 403 g/mol. The zero-order chi connectivity index (χ0) is 20.7. The highest BCUT2D eigenvalue weighted by atomic mass is 19.4. The fraction of sp³-hybridized carbons (Fsp3) is 0.250. The molecule has 0 unspecified atom stereocenters. The average molecular weight is 403 g/mol. The van der Waals surface area contributed by atoms with E-state index in [1.165, 1.54) is 12.1 Å². The van der Waals surface area contributed by atoms with E-state index in [4.69, 9.17) is 0 Å². The molecule has 9 heteroatoms. The quantitative estimate of drug-likeness (QED) is 0.635. The number of amides is 2. The molecule has 0 saturated carbocycles. The molecule has 1 aromatic carbocycles. The Morgan fingerprint density at radius 3 is 2.38 bits per heavy atom. The molecule has 0 bridgehead atoms. The molecule has 2 aromatic heterocycles. The number of halogens is 3. The minimum atomic E-state index is -4.41. The van der Waals surface area contributed by atoms with Crippen molar-refractivity contribution in [3.8, 4) is 0 Å². The first-order chi connectivity index (χ1) is 13.9. The number of urea groups is 1. The average Bonchev–Trinajstić information content (AvgIpc) is 3.21. The molecule has 2 heterocycles. The van der Waals surface area contributed by atoms with E-state index in [0.717, 1.165) is 17.7 Å². The number of hydrogen-bond acceptors (Lipinski definition) is 3. The lowest BCUT2D eigenvalue weighted by Crippen LogP contribution is -2.35. The van der Waals surface area contributed by atoms with Crippen molar-refractivity contribution >= 4 is 11.7 Å². The Hall–Kier alpha value is -3.36. The summed E-state index contributed by atoms with van der Waals surface area (Å²) in [5, 5.41) is 2.67. The first kappa shape index (κ1) is 20.4. The normalized spacial score (nSPS) is 11.3. The van der Waals surface area contributed by atoms with Crippen molar-refractivity contribution in [2.75, 3.05) is 11.9 Å². The van der Waals surface area contributed by atoms with Crippen molar-refractivity contribution in [1.29, 1.82) is 0 Å². The van der Waals surface area contributed by atoms with Gasteiger partial charge in [-0.15, -0.1) is 0 Å². The Labute approximate surface area is 166 Å². The smallest absolute Gasteiger partial charge is 0.337 e. The molecule has 0 aliphatic heterocycles. The Morgan fingerprint density at radius 1 is 1.03 bits per heavy atom. The highest BCUT2D eigenvalue weighted by Gasteiger charge is 2.30. The number of nitrogens with one attached hydrogen (secondary N) is 1. The van der Waals surface area contributed by atoms with Crippen LogP contribution in [0.5, 0.6) is 0 Å². The second-order valence-corrected chi connectivity index (χ2v) is 6.44. The first-order valence-corrected chi connectivity index (χ1v) is 8.99. The molecular weight excluding hydrogens is 383 g/mol. The van der Waals surface area contributed by atoms with Crippen LogP contribution in [0.1, 0.15) is 17.5 Å². The molecule has 0 saturated heterocycles. The minimum Gasteiger partial charge on any atom is -0.337 e. The van der Waals surface area contributed by atoms with E-state index in [2.05, 4.69) is 15.3 Å². The van der Waals surface area contributed by atoms with Gasteiger partial charge < -0.3 is 14.8 Å². The number of imidazole rings is 1. The van der Waals surface area contributed by atoms with Crippen LogP contribution in [0.25, 0.3) is 0 Å². The van der Waals surface area contributed by atoms with Crippen LogP contribution in [-0.2, 0) is 19.3 Å². The zero-order valence-corrected chi connectivity index (χ0v) is 15.5. The number of rotatable bonds is 7. The molecule has 1 N–H and O–H groups in total. The maximum atomic E-state index is 12.7. The van der Waals surface area contributed by atoms with Gasteiger partial charge in [-0.25, -0.2) is 9.78 Å². The summed E-state index contributed by atoms with van der Waals surface area (Å²) in [7, 11) is 0. The molecule has 29 heavy (non-hydrogen) atoms. The van der Waals surface area contributed by atoms with E-state index >= 15 is 0 Å². The molecule has 0 aliphatic rings. The van der Waals surface area contributed by atoms with Crippen molar-refractivity contribution in [2.24, 2.45) is 0 Å². The molecular formula is C20H20F3N5O. The number of benzene rings is 1. The molecule has 3 rings (SSSR count). The van der Waals surface area contributed by atoms with Gasteiger partial charge in [0, 0.05) is 50.1 Å². The number of aromatic nitrogens is 3. The number of carbonyl (C=O) groups excluding carboxylic acids is 1. The molecule has 2 amide bonds. The molecule has 152 valence electrons. The van der Waals surface area contributed by atoms with Gasteiger partial charge in [0.05, 0.1) is 11.9 Å². The van der Waals surface area contributed by atoms with Gasteiger partial charge in [-0.2, -0.15) is 13.2 Å². The van der Waals surface area contributed by atoms with E-state index in [9.17, 15) is 18.0 Å².